The summed E-state index contributed by atoms with van der Waals surface area (Å²) in [6.45, 7) is 0.105. The third-order valence-electron chi connectivity index (χ3n) is 6.54. The van der Waals surface area contributed by atoms with E-state index in [1.807, 2.05) is 12.1 Å². The maximum Gasteiger partial charge on any atom is 0.433 e. The van der Waals surface area contributed by atoms with Crippen molar-refractivity contribution >= 4 is 11.8 Å². The molecule has 0 amide bonds. The number of aromatic nitrogens is 1. The van der Waals surface area contributed by atoms with E-state index in [4.69, 9.17) is 9.47 Å². The minimum atomic E-state index is -4.46. The summed E-state index contributed by atoms with van der Waals surface area (Å²) in [5, 5.41) is 0. The summed E-state index contributed by atoms with van der Waals surface area (Å²) in [5.41, 5.74) is -0.0658. The van der Waals surface area contributed by atoms with Crippen LogP contribution >= 0.6 is 0 Å². The Hall–Kier alpha value is -2.90. The Morgan fingerprint density at radius 1 is 1.03 bits per heavy atom. The standard InChI is InChI=1S/C25H26F3NO4/c26-25(27,28)22-10-7-18(15-29-22)16-32-21-8-5-17(6-9-21)11-12-24(19-3-1-2-4-19)14-20(30)13-23(31)33-24/h5-10,15,19H,1-4,11-14,16H2. The van der Waals surface area contributed by atoms with Gasteiger partial charge in [-0.15, -0.1) is 0 Å². The van der Waals surface area contributed by atoms with Crippen LogP contribution in [0.1, 0.15) is 61.8 Å². The van der Waals surface area contributed by atoms with Crippen LogP contribution in [0.25, 0.3) is 0 Å². The number of carbonyl (C=O) groups excluding carboxylic acids is 2. The Morgan fingerprint density at radius 2 is 1.73 bits per heavy atom. The summed E-state index contributed by atoms with van der Waals surface area (Å²) in [6, 6.07) is 9.70. The number of hydrogen-bond donors (Lipinski definition) is 0. The second kappa shape index (κ2) is 9.53. The summed E-state index contributed by atoms with van der Waals surface area (Å²) in [6.07, 6.45) is 2.28. The van der Waals surface area contributed by atoms with E-state index in [1.54, 1.807) is 12.1 Å². The highest BCUT2D eigenvalue weighted by atomic mass is 19.4. The van der Waals surface area contributed by atoms with Crippen LogP contribution in [0.15, 0.2) is 42.6 Å². The van der Waals surface area contributed by atoms with Gasteiger partial charge in [-0.25, -0.2) is 0 Å². The van der Waals surface area contributed by atoms with E-state index in [9.17, 15) is 22.8 Å². The number of halogens is 3. The highest BCUT2D eigenvalue weighted by Crippen LogP contribution is 2.44. The first-order valence-electron chi connectivity index (χ1n) is 11.2. The van der Waals surface area contributed by atoms with Crippen molar-refractivity contribution in [1.82, 2.24) is 4.98 Å². The molecule has 2 fully saturated rings. The number of rotatable bonds is 7. The van der Waals surface area contributed by atoms with Crippen LogP contribution in [-0.2, 0) is 33.5 Å². The van der Waals surface area contributed by atoms with Gasteiger partial charge in [0.15, 0.2) is 0 Å². The molecule has 8 heteroatoms. The molecule has 1 saturated heterocycles. The van der Waals surface area contributed by atoms with Crippen LogP contribution < -0.4 is 4.74 Å². The maximum atomic E-state index is 12.6. The van der Waals surface area contributed by atoms with Gasteiger partial charge in [0.05, 0.1) is 0 Å². The van der Waals surface area contributed by atoms with E-state index in [0.29, 0.717) is 30.6 Å². The number of hydrogen-bond acceptors (Lipinski definition) is 5. The van der Waals surface area contributed by atoms with E-state index in [1.165, 1.54) is 6.07 Å². The zero-order valence-electron chi connectivity index (χ0n) is 18.2. The fourth-order valence-electron chi connectivity index (χ4n) is 4.83. The first-order chi connectivity index (χ1) is 15.7. The first kappa shape index (κ1) is 23.3. The Morgan fingerprint density at radius 3 is 2.33 bits per heavy atom. The zero-order chi connectivity index (χ0) is 23.5. The second-order valence-electron chi connectivity index (χ2n) is 8.89. The van der Waals surface area contributed by atoms with Crippen LogP contribution in [0.3, 0.4) is 0 Å². The molecule has 2 aliphatic rings. The van der Waals surface area contributed by atoms with E-state index < -0.39 is 23.4 Å². The number of Topliss-reactive ketones (excluding diaryl/α,β-unsaturated/α-hetero) is 1. The molecule has 0 bridgehead atoms. The van der Waals surface area contributed by atoms with Crippen LogP contribution in [0, 0.1) is 5.92 Å². The Labute approximate surface area is 190 Å². The van der Waals surface area contributed by atoms with Crippen molar-refractivity contribution in [3.63, 3.8) is 0 Å². The summed E-state index contributed by atoms with van der Waals surface area (Å²) < 4.78 is 49.3. The molecule has 2 aromatic rings. The van der Waals surface area contributed by atoms with Crippen molar-refractivity contribution in [3.8, 4) is 5.75 Å². The largest absolute Gasteiger partial charge is 0.489 e. The molecular formula is C25H26F3NO4. The van der Waals surface area contributed by atoms with E-state index in [-0.39, 0.29) is 24.7 Å². The van der Waals surface area contributed by atoms with Gasteiger partial charge >= 0.3 is 12.1 Å². The van der Waals surface area contributed by atoms with Gasteiger partial charge < -0.3 is 9.47 Å². The van der Waals surface area contributed by atoms with Gasteiger partial charge in [0.25, 0.3) is 0 Å². The Balaban J connectivity index is 1.35. The SMILES string of the molecule is O=C1CC(=O)OC(CCc2ccc(OCc3ccc(C(F)(F)F)nc3)cc2)(C2CCCC2)C1. The molecule has 1 aromatic heterocycles. The van der Waals surface area contributed by atoms with Crippen LogP contribution in [0.5, 0.6) is 5.75 Å². The number of aryl methyl sites for hydroxylation is 1. The van der Waals surface area contributed by atoms with Crippen LogP contribution in [0.2, 0.25) is 0 Å². The number of nitrogens with zero attached hydrogens (tertiary/aromatic N) is 1. The van der Waals surface area contributed by atoms with Gasteiger partial charge in [0.2, 0.25) is 0 Å². The van der Waals surface area contributed by atoms with Gasteiger partial charge in [0, 0.05) is 18.2 Å². The molecule has 1 aromatic carbocycles. The van der Waals surface area contributed by atoms with Crippen molar-refractivity contribution in [3.05, 3.63) is 59.4 Å². The van der Waals surface area contributed by atoms with Crippen molar-refractivity contribution in [2.45, 2.75) is 69.8 Å². The third kappa shape index (κ3) is 5.72. The summed E-state index contributed by atoms with van der Waals surface area (Å²) in [7, 11) is 0. The smallest absolute Gasteiger partial charge is 0.433 e. The molecule has 33 heavy (non-hydrogen) atoms. The number of cyclic esters (lactones) is 1. The topological polar surface area (TPSA) is 65.5 Å². The maximum absolute atomic E-state index is 12.6. The fourth-order valence-corrected chi connectivity index (χ4v) is 4.83. The molecule has 1 atom stereocenters. The highest BCUT2D eigenvalue weighted by molar-refractivity contribution is 5.98. The molecule has 1 aliphatic carbocycles. The van der Waals surface area contributed by atoms with Crippen LogP contribution in [-0.4, -0.2) is 22.3 Å². The molecule has 1 unspecified atom stereocenters. The van der Waals surface area contributed by atoms with Gasteiger partial charge in [-0.05, 0) is 55.4 Å². The molecule has 0 radical (unpaired) electrons. The Kier molecular flexibility index (Phi) is 6.72. The minimum Gasteiger partial charge on any atom is -0.489 e. The summed E-state index contributed by atoms with van der Waals surface area (Å²) in [4.78, 5) is 27.6. The van der Waals surface area contributed by atoms with Crippen molar-refractivity contribution < 1.29 is 32.2 Å². The van der Waals surface area contributed by atoms with E-state index >= 15 is 0 Å². The molecule has 2 heterocycles. The number of pyridine rings is 1. The number of benzene rings is 1. The molecule has 0 spiro atoms. The number of ketones is 1. The molecular weight excluding hydrogens is 435 g/mol. The van der Waals surface area contributed by atoms with Crippen LogP contribution in [0.4, 0.5) is 13.2 Å². The lowest BCUT2D eigenvalue weighted by atomic mass is 9.76. The lowest BCUT2D eigenvalue weighted by Crippen LogP contribution is -2.48. The average Bonchev–Trinajstić information content (AvgIpc) is 3.32. The predicted molar refractivity (Wildman–Crippen MR) is 113 cm³/mol. The zero-order valence-corrected chi connectivity index (χ0v) is 18.2. The number of ether oxygens (including phenoxy) is 2. The molecule has 176 valence electrons. The second-order valence-corrected chi connectivity index (χ2v) is 8.89. The van der Waals surface area contributed by atoms with Gasteiger partial charge in [-0.2, -0.15) is 13.2 Å². The lowest BCUT2D eigenvalue weighted by molar-refractivity contribution is -0.178. The molecule has 1 aliphatic heterocycles. The van der Waals surface area contributed by atoms with Crippen molar-refractivity contribution in [2.24, 2.45) is 5.92 Å². The number of carbonyl (C=O) groups is 2. The van der Waals surface area contributed by atoms with Crippen molar-refractivity contribution in [2.75, 3.05) is 0 Å². The number of esters is 1. The van der Waals surface area contributed by atoms with Crippen molar-refractivity contribution in [1.29, 1.82) is 0 Å². The van der Waals surface area contributed by atoms with Gasteiger partial charge in [-0.3, -0.25) is 14.6 Å². The van der Waals surface area contributed by atoms with Gasteiger partial charge in [0.1, 0.15) is 35.9 Å². The van der Waals surface area contributed by atoms with E-state index in [0.717, 1.165) is 43.5 Å². The third-order valence-corrected chi connectivity index (χ3v) is 6.54. The summed E-state index contributed by atoms with van der Waals surface area (Å²) in [5.74, 6) is 0.355. The monoisotopic (exact) mass is 461 g/mol. The highest BCUT2D eigenvalue weighted by Gasteiger charge is 2.47. The first-order valence-corrected chi connectivity index (χ1v) is 11.2. The Bertz CT molecular complexity index is 964. The number of alkyl halides is 3. The quantitative estimate of drug-likeness (QED) is 0.405. The normalized spacial score (nSPS) is 21.8. The fraction of sp³-hybridized carbons (Fsp3) is 0.480. The molecule has 4 rings (SSSR count). The minimum absolute atomic E-state index is 0.0420. The molecule has 5 nitrogen and oxygen atoms in total. The van der Waals surface area contributed by atoms with Gasteiger partial charge in [-0.1, -0.05) is 31.0 Å². The molecule has 1 saturated carbocycles. The summed E-state index contributed by atoms with van der Waals surface area (Å²) >= 11 is 0. The lowest BCUT2D eigenvalue weighted by Gasteiger charge is -2.41. The van der Waals surface area contributed by atoms with E-state index in [2.05, 4.69) is 4.98 Å². The average molecular weight is 461 g/mol. The molecule has 0 N–H and O–H groups in total. The predicted octanol–water partition coefficient (Wildman–Crippen LogP) is 5.45.